The molecule has 2 N–H and O–H groups in total. The molecule has 0 radical (unpaired) electrons. The number of hydrogen-bond donors (Lipinski definition) is 2. The van der Waals surface area contributed by atoms with Crippen LogP contribution in [0.15, 0.2) is 53.7 Å². The largest absolute Gasteiger partial charge is 0.486 e. The summed E-state index contributed by atoms with van der Waals surface area (Å²) in [7, 11) is 0. The van der Waals surface area contributed by atoms with E-state index in [-0.39, 0.29) is 17.7 Å². The highest BCUT2D eigenvalue weighted by atomic mass is 19.1. The molecular weight excluding hydrogens is 347 g/mol. The third kappa shape index (κ3) is 4.93. The Bertz CT molecular complexity index is 910. The van der Waals surface area contributed by atoms with E-state index >= 15 is 0 Å². The van der Waals surface area contributed by atoms with Gasteiger partial charge >= 0.3 is 0 Å². The van der Waals surface area contributed by atoms with Gasteiger partial charge in [0.15, 0.2) is 29.0 Å². The summed E-state index contributed by atoms with van der Waals surface area (Å²) in [5.74, 6) is 1.25. The number of guanidine groups is 1. The summed E-state index contributed by atoms with van der Waals surface area (Å²) in [5, 5.41) is 14.7. The van der Waals surface area contributed by atoms with Gasteiger partial charge in [0.05, 0.1) is 6.54 Å². The van der Waals surface area contributed by atoms with E-state index in [4.69, 9.17) is 4.74 Å². The van der Waals surface area contributed by atoms with Crippen molar-refractivity contribution in [3.63, 3.8) is 0 Å². The van der Waals surface area contributed by atoms with E-state index in [1.54, 1.807) is 18.2 Å². The smallest absolute Gasteiger partial charge is 0.191 e. The Balaban J connectivity index is 1.59. The molecule has 8 heteroatoms. The highest BCUT2D eigenvalue weighted by Crippen LogP contribution is 2.16. The van der Waals surface area contributed by atoms with Crippen LogP contribution in [-0.4, -0.2) is 39.8 Å². The van der Waals surface area contributed by atoms with Crippen LogP contribution in [0.25, 0.3) is 5.65 Å². The van der Waals surface area contributed by atoms with Crippen LogP contribution in [-0.2, 0) is 6.54 Å². The molecule has 0 spiro atoms. The van der Waals surface area contributed by atoms with E-state index < -0.39 is 0 Å². The lowest BCUT2D eigenvalue weighted by atomic mass is 10.3. The third-order valence-electron chi connectivity index (χ3n) is 3.83. The number of fused-ring (bicyclic) bond motifs is 1. The van der Waals surface area contributed by atoms with E-state index in [9.17, 15) is 4.39 Å². The summed E-state index contributed by atoms with van der Waals surface area (Å²) in [6, 6.07) is 12.1. The molecule has 0 aliphatic heterocycles. The van der Waals surface area contributed by atoms with Gasteiger partial charge in [-0.25, -0.2) is 9.38 Å². The Morgan fingerprint density at radius 2 is 2.00 bits per heavy atom. The number of ether oxygens (including phenoxy) is 1. The maximum atomic E-state index is 13.7. The molecule has 2 aromatic heterocycles. The normalized spacial score (nSPS) is 12.8. The van der Waals surface area contributed by atoms with Gasteiger partial charge in [0.2, 0.25) is 0 Å². The van der Waals surface area contributed by atoms with Gasteiger partial charge in [-0.05, 0) is 38.1 Å². The number of aromatic nitrogens is 3. The first-order valence-corrected chi connectivity index (χ1v) is 8.89. The molecule has 0 aliphatic carbocycles. The number of benzene rings is 1. The molecule has 0 bridgehead atoms. The van der Waals surface area contributed by atoms with Crippen molar-refractivity contribution in [2.45, 2.75) is 26.5 Å². The molecule has 27 heavy (non-hydrogen) atoms. The lowest BCUT2D eigenvalue weighted by molar-refractivity contribution is 0.214. The standard InChI is InChI=1S/C19H23FN6O/c1-3-21-19(22-12-14(2)27-16-9-5-4-8-15(16)20)23-13-18-25-24-17-10-6-7-11-26(17)18/h4-11,14H,3,12-13H2,1-2H3,(H2,21,22,23). The maximum Gasteiger partial charge on any atom is 0.191 e. The Hall–Kier alpha value is -3.16. The van der Waals surface area contributed by atoms with Crippen LogP contribution < -0.4 is 15.4 Å². The van der Waals surface area contributed by atoms with Crippen LogP contribution in [0.1, 0.15) is 19.7 Å². The summed E-state index contributed by atoms with van der Waals surface area (Å²) in [5.41, 5.74) is 0.785. The molecule has 142 valence electrons. The van der Waals surface area contributed by atoms with Gasteiger partial charge < -0.3 is 15.4 Å². The first-order chi connectivity index (χ1) is 13.2. The number of nitrogens with zero attached hydrogens (tertiary/aromatic N) is 4. The minimum absolute atomic E-state index is 0.236. The zero-order chi connectivity index (χ0) is 19.1. The van der Waals surface area contributed by atoms with Gasteiger partial charge in [-0.2, -0.15) is 0 Å². The van der Waals surface area contributed by atoms with Crippen molar-refractivity contribution in [3.05, 3.63) is 60.3 Å². The van der Waals surface area contributed by atoms with Gasteiger partial charge in [-0.1, -0.05) is 18.2 Å². The summed E-state index contributed by atoms with van der Waals surface area (Å²) < 4.78 is 21.2. The molecule has 3 aromatic rings. The van der Waals surface area contributed by atoms with E-state index in [0.29, 0.717) is 19.0 Å². The fourth-order valence-corrected chi connectivity index (χ4v) is 2.53. The predicted octanol–water partition coefficient (Wildman–Crippen LogP) is 2.39. The van der Waals surface area contributed by atoms with Crippen molar-refractivity contribution in [2.75, 3.05) is 13.1 Å². The highest BCUT2D eigenvalue weighted by molar-refractivity contribution is 5.79. The van der Waals surface area contributed by atoms with Crippen LogP contribution in [0.3, 0.4) is 0 Å². The van der Waals surface area contributed by atoms with Crippen molar-refractivity contribution in [1.82, 2.24) is 25.2 Å². The predicted molar refractivity (Wildman–Crippen MR) is 102 cm³/mol. The molecule has 0 saturated heterocycles. The molecule has 0 aliphatic rings. The van der Waals surface area contributed by atoms with Crippen LogP contribution in [0.5, 0.6) is 5.75 Å². The minimum atomic E-state index is -0.372. The Morgan fingerprint density at radius 3 is 2.81 bits per heavy atom. The van der Waals surface area contributed by atoms with E-state index in [1.807, 2.05) is 42.6 Å². The second-order valence-electron chi connectivity index (χ2n) is 5.98. The van der Waals surface area contributed by atoms with Crippen molar-refractivity contribution in [2.24, 2.45) is 4.99 Å². The number of pyridine rings is 1. The second kappa shape index (κ2) is 8.98. The van der Waals surface area contributed by atoms with Crippen molar-refractivity contribution >= 4 is 11.6 Å². The van der Waals surface area contributed by atoms with Gasteiger partial charge in [0.25, 0.3) is 0 Å². The molecule has 7 nitrogen and oxygen atoms in total. The van der Waals surface area contributed by atoms with Crippen molar-refractivity contribution in [3.8, 4) is 5.75 Å². The van der Waals surface area contributed by atoms with Crippen LogP contribution in [0.2, 0.25) is 0 Å². The van der Waals surface area contributed by atoms with Gasteiger partial charge in [0.1, 0.15) is 12.6 Å². The SMILES string of the molecule is CCNC(=NCc1nnc2ccccn12)NCC(C)Oc1ccccc1F. The van der Waals surface area contributed by atoms with Crippen LogP contribution in [0, 0.1) is 5.82 Å². The quantitative estimate of drug-likeness (QED) is 0.493. The lowest BCUT2D eigenvalue weighted by Crippen LogP contribution is -2.41. The van der Waals surface area contributed by atoms with Crippen LogP contribution >= 0.6 is 0 Å². The molecular formula is C19H23FN6O. The first kappa shape index (κ1) is 18.6. The topological polar surface area (TPSA) is 75.8 Å². The van der Waals surface area contributed by atoms with Crippen molar-refractivity contribution < 1.29 is 9.13 Å². The van der Waals surface area contributed by atoms with Gasteiger partial charge in [-0.3, -0.25) is 4.40 Å². The van der Waals surface area contributed by atoms with Crippen molar-refractivity contribution in [1.29, 1.82) is 0 Å². The molecule has 0 saturated carbocycles. The monoisotopic (exact) mass is 370 g/mol. The number of aliphatic imine (C=N–C) groups is 1. The molecule has 1 atom stereocenters. The van der Waals surface area contributed by atoms with E-state index in [1.165, 1.54) is 6.07 Å². The number of rotatable bonds is 7. The zero-order valence-electron chi connectivity index (χ0n) is 15.4. The molecule has 0 amide bonds. The van der Waals surface area contributed by atoms with E-state index in [0.717, 1.165) is 18.0 Å². The molecule has 3 rings (SSSR count). The Labute approximate surface area is 157 Å². The fraction of sp³-hybridized carbons (Fsp3) is 0.316. The lowest BCUT2D eigenvalue weighted by Gasteiger charge is -2.18. The Kier molecular flexibility index (Phi) is 6.19. The van der Waals surface area contributed by atoms with Gasteiger partial charge in [0, 0.05) is 12.7 Å². The number of hydrogen-bond acceptors (Lipinski definition) is 4. The van der Waals surface area contributed by atoms with Crippen LogP contribution in [0.4, 0.5) is 4.39 Å². The summed E-state index contributed by atoms with van der Waals surface area (Å²) in [4.78, 5) is 4.54. The average Bonchev–Trinajstić information content (AvgIpc) is 3.09. The molecule has 1 aromatic carbocycles. The second-order valence-corrected chi connectivity index (χ2v) is 5.98. The molecule has 0 fully saturated rings. The van der Waals surface area contributed by atoms with Gasteiger partial charge in [-0.15, -0.1) is 10.2 Å². The summed E-state index contributed by atoms with van der Waals surface area (Å²) >= 11 is 0. The first-order valence-electron chi connectivity index (χ1n) is 8.89. The van der Waals surface area contributed by atoms with E-state index in [2.05, 4.69) is 25.8 Å². The number of para-hydroxylation sites is 1. The summed E-state index contributed by atoms with van der Waals surface area (Å²) in [6.45, 7) is 5.43. The number of halogens is 1. The Morgan fingerprint density at radius 1 is 1.19 bits per heavy atom. The fourth-order valence-electron chi connectivity index (χ4n) is 2.53. The maximum absolute atomic E-state index is 13.7. The summed E-state index contributed by atoms with van der Waals surface area (Å²) in [6.07, 6.45) is 1.67. The zero-order valence-corrected chi connectivity index (χ0v) is 15.4. The average molecular weight is 370 g/mol. The third-order valence-corrected chi connectivity index (χ3v) is 3.83. The minimum Gasteiger partial charge on any atom is -0.486 e. The highest BCUT2D eigenvalue weighted by Gasteiger charge is 2.09. The molecule has 1 unspecified atom stereocenters. The molecule has 2 heterocycles. The number of nitrogens with one attached hydrogen (secondary N) is 2.